The van der Waals surface area contributed by atoms with Crippen molar-refractivity contribution >= 4 is 26.0 Å². The van der Waals surface area contributed by atoms with Gasteiger partial charge in [0.2, 0.25) is 10.0 Å². The highest BCUT2D eigenvalue weighted by atomic mass is 79.9. The van der Waals surface area contributed by atoms with Crippen molar-refractivity contribution in [3.8, 4) is 5.75 Å². The molecule has 21 heavy (non-hydrogen) atoms. The molecule has 0 spiro atoms. The van der Waals surface area contributed by atoms with E-state index < -0.39 is 10.0 Å². The number of piperidine rings is 1. The van der Waals surface area contributed by atoms with Crippen LogP contribution < -0.4 is 4.74 Å². The molecule has 2 rings (SSSR count). The predicted octanol–water partition coefficient (Wildman–Crippen LogP) is 3.80. The van der Waals surface area contributed by atoms with Gasteiger partial charge < -0.3 is 4.74 Å². The number of ether oxygens (including phenoxy) is 1. The molecular weight excluding hydrogens is 354 g/mol. The summed E-state index contributed by atoms with van der Waals surface area (Å²) in [6, 6.07) is 5.11. The zero-order valence-corrected chi connectivity index (χ0v) is 14.9. The molecule has 0 amide bonds. The van der Waals surface area contributed by atoms with Crippen LogP contribution in [0.2, 0.25) is 0 Å². The average Bonchev–Trinajstić information content (AvgIpc) is 2.49. The van der Waals surface area contributed by atoms with Crippen LogP contribution in [0.3, 0.4) is 0 Å². The van der Waals surface area contributed by atoms with Crippen molar-refractivity contribution in [3.63, 3.8) is 0 Å². The fourth-order valence-electron chi connectivity index (χ4n) is 2.74. The van der Waals surface area contributed by atoms with Gasteiger partial charge in [-0.25, -0.2) is 8.42 Å². The first-order valence-corrected chi connectivity index (χ1v) is 9.68. The molecule has 0 radical (unpaired) electrons. The lowest BCUT2D eigenvalue weighted by molar-refractivity contribution is 0.246. The minimum absolute atomic E-state index is 0.114. The Bertz CT molecular complexity index is 589. The van der Waals surface area contributed by atoms with Gasteiger partial charge in [0.15, 0.2) is 0 Å². The topological polar surface area (TPSA) is 46.6 Å². The molecule has 0 aromatic heterocycles. The molecule has 1 atom stereocenters. The Morgan fingerprint density at radius 3 is 2.76 bits per heavy atom. The highest BCUT2D eigenvalue weighted by Crippen LogP contribution is 2.32. The maximum Gasteiger partial charge on any atom is 0.243 e. The van der Waals surface area contributed by atoms with Crippen LogP contribution in [0.1, 0.15) is 39.5 Å². The number of hydrogen-bond acceptors (Lipinski definition) is 3. The lowest BCUT2D eigenvalue weighted by atomic mass is 10.0. The van der Waals surface area contributed by atoms with Crippen molar-refractivity contribution in [2.24, 2.45) is 0 Å². The van der Waals surface area contributed by atoms with Crippen molar-refractivity contribution in [2.45, 2.75) is 50.5 Å². The molecule has 0 saturated carbocycles. The summed E-state index contributed by atoms with van der Waals surface area (Å²) in [6.07, 6.45) is 3.85. The van der Waals surface area contributed by atoms with E-state index in [0.717, 1.165) is 30.2 Å². The van der Waals surface area contributed by atoms with Gasteiger partial charge in [0.25, 0.3) is 0 Å². The number of halogens is 1. The SMILES string of the molecule is CCOc1cc(S(=O)(=O)N2CCCC[C@H]2CC)ccc1Br. The highest BCUT2D eigenvalue weighted by molar-refractivity contribution is 9.10. The lowest BCUT2D eigenvalue weighted by Crippen LogP contribution is -2.43. The molecule has 0 N–H and O–H groups in total. The van der Waals surface area contributed by atoms with E-state index >= 15 is 0 Å². The van der Waals surface area contributed by atoms with E-state index in [0.29, 0.717) is 23.8 Å². The largest absolute Gasteiger partial charge is 0.493 e. The molecule has 0 aliphatic carbocycles. The molecule has 1 saturated heterocycles. The molecule has 6 heteroatoms. The van der Waals surface area contributed by atoms with Crippen LogP contribution in [0.5, 0.6) is 5.75 Å². The summed E-state index contributed by atoms with van der Waals surface area (Å²) in [4.78, 5) is 0.314. The molecule has 118 valence electrons. The normalized spacial score (nSPS) is 20.4. The molecule has 1 aromatic rings. The summed E-state index contributed by atoms with van der Waals surface area (Å²) in [7, 11) is -3.45. The van der Waals surface area contributed by atoms with Gasteiger partial charge >= 0.3 is 0 Å². The van der Waals surface area contributed by atoms with E-state index in [1.165, 1.54) is 0 Å². The number of sulfonamides is 1. The van der Waals surface area contributed by atoms with Gasteiger partial charge in [0.1, 0.15) is 5.75 Å². The third-order valence-electron chi connectivity index (χ3n) is 3.85. The Balaban J connectivity index is 2.36. The molecular formula is C15H22BrNO3S. The molecule has 1 aromatic carbocycles. The van der Waals surface area contributed by atoms with E-state index in [9.17, 15) is 8.42 Å². The fourth-order valence-corrected chi connectivity index (χ4v) is 4.89. The third kappa shape index (κ3) is 3.60. The van der Waals surface area contributed by atoms with Gasteiger partial charge in [-0.2, -0.15) is 4.31 Å². The van der Waals surface area contributed by atoms with Crippen LogP contribution in [0.15, 0.2) is 27.6 Å². The van der Waals surface area contributed by atoms with Gasteiger partial charge in [0.05, 0.1) is 16.0 Å². The van der Waals surface area contributed by atoms with Crippen LogP contribution in [-0.2, 0) is 10.0 Å². The van der Waals surface area contributed by atoms with Crippen LogP contribution in [0.4, 0.5) is 0 Å². The van der Waals surface area contributed by atoms with Gasteiger partial charge in [0, 0.05) is 18.7 Å². The Labute approximate surface area is 135 Å². The van der Waals surface area contributed by atoms with Crippen molar-refractivity contribution in [1.29, 1.82) is 0 Å². The molecule has 1 aliphatic rings. The monoisotopic (exact) mass is 375 g/mol. The first-order chi connectivity index (χ1) is 10.0. The zero-order valence-electron chi connectivity index (χ0n) is 12.5. The van der Waals surface area contributed by atoms with Gasteiger partial charge in [-0.15, -0.1) is 0 Å². The Morgan fingerprint density at radius 1 is 1.33 bits per heavy atom. The maximum atomic E-state index is 12.9. The first-order valence-electron chi connectivity index (χ1n) is 7.44. The van der Waals surface area contributed by atoms with Gasteiger partial charge in [-0.3, -0.25) is 0 Å². The predicted molar refractivity (Wildman–Crippen MR) is 87.1 cm³/mol. The fraction of sp³-hybridized carbons (Fsp3) is 0.600. The third-order valence-corrected chi connectivity index (χ3v) is 6.46. The van der Waals surface area contributed by atoms with E-state index in [1.807, 2.05) is 13.8 Å². The molecule has 1 heterocycles. The minimum Gasteiger partial charge on any atom is -0.493 e. The summed E-state index contributed by atoms with van der Waals surface area (Å²) in [6.45, 7) is 5.04. The quantitative estimate of drug-likeness (QED) is 0.785. The van der Waals surface area contributed by atoms with E-state index in [2.05, 4.69) is 15.9 Å². The van der Waals surface area contributed by atoms with E-state index in [4.69, 9.17) is 4.74 Å². The van der Waals surface area contributed by atoms with Crippen LogP contribution in [0.25, 0.3) is 0 Å². The lowest BCUT2D eigenvalue weighted by Gasteiger charge is -2.34. The number of benzene rings is 1. The number of nitrogens with zero attached hydrogens (tertiary/aromatic N) is 1. The highest BCUT2D eigenvalue weighted by Gasteiger charge is 2.32. The molecule has 1 fully saturated rings. The second-order valence-corrected chi connectivity index (χ2v) is 7.94. The van der Waals surface area contributed by atoms with Crippen LogP contribution >= 0.6 is 15.9 Å². The smallest absolute Gasteiger partial charge is 0.243 e. The zero-order chi connectivity index (χ0) is 15.5. The minimum atomic E-state index is -3.45. The standard InChI is InChI=1S/C15H22BrNO3S/c1-3-12-7-5-6-10-17(12)21(18,19)13-8-9-14(16)15(11-13)20-4-2/h8-9,11-12H,3-7,10H2,1-2H3/t12-/m1/s1. The summed E-state index contributed by atoms with van der Waals surface area (Å²) in [5.74, 6) is 0.573. The number of hydrogen-bond donors (Lipinski definition) is 0. The first kappa shape index (κ1) is 16.8. The summed E-state index contributed by atoms with van der Waals surface area (Å²) < 4.78 is 33.7. The Kier molecular flexibility index (Phi) is 5.68. The van der Waals surface area contributed by atoms with E-state index in [1.54, 1.807) is 22.5 Å². The van der Waals surface area contributed by atoms with Gasteiger partial charge in [-0.1, -0.05) is 13.3 Å². The van der Waals surface area contributed by atoms with Crippen molar-refractivity contribution < 1.29 is 13.2 Å². The van der Waals surface area contributed by atoms with Crippen molar-refractivity contribution in [2.75, 3.05) is 13.2 Å². The van der Waals surface area contributed by atoms with E-state index in [-0.39, 0.29) is 6.04 Å². The summed E-state index contributed by atoms with van der Waals surface area (Å²) >= 11 is 3.39. The van der Waals surface area contributed by atoms with Gasteiger partial charge in [-0.05, 0) is 54.2 Å². The van der Waals surface area contributed by atoms with Crippen molar-refractivity contribution in [3.05, 3.63) is 22.7 Å². The Morgan fingerprint density at radius 2 is 2.10 bits per heavy atom. The van der Waals surface area contributed by atoms with Crippen LogP contribution in [0, 0.1) is 0 Å². The summed E-state index contributed by atoms with van der Waals surface area (Å²) in [5.41, 5.74) is 0. The molecule has 4 nitrogen and oxygen atoms in total. The number of rotatable bonds is 5. The molecule has 0 unspecified atom stereocenters. The summed E-state index contributed by atoms with van der Waals surface area (Å²) in [5, 5.41) is 0. The second-order valence-electron chi connectivity index (χ2n) is 5.20. The molecule has 1 aliphatic heterocycles. The van der Waals surface area contributed by atoms with Crippen LogP contribution in [-0.4, -0.2) is 31.9 Å². The maximum absolute atomic E-state index is 12.9. The Hall–Kier alpha value is -0.590. The van der Waals surface area contributed by atoms with Crippen molar-refractivity contribution in [1.82, 2.24) is 4.31 Å². The average molecular weight is 376 g/mol. The molecule has 0 bridgehead atoms. The second kappa shape index (κ2) is 7.11.